The number of allylic oxidation sites excluding steroid dienone is 1. The summed E-state index contributed by atoms with van der Waals surface area (Å²) >= 11 is 6.07. The summed E-state index contributed by atoms with van der Waals surface area (Å²) in [5.74, 6) is -0.280. The van der Waals surface area contributed by atoms with Gasteiger partial charge in [-0.15, -0.1) is 0 Å². The topological polar surface area (TPSA) is 49.4 Å². The molecule has 0 saturated carbocycles. The van der Waals surface area contributed by atoms with Gasteiger partial charge in [-0.25, -0.2) is 0 Å². The lowest BCUT2D eigenvalue weighted by Crippen LogP contribution is -2.37. The molecule has 5 heteroatoms. The van der Waals surface area contributed by atoms with E-state index in [1.165, 1.54) is 25.3 Å². The molecule has 0 aliphatic heterocycles. The molecular formula is C19H25ClN2O2. The summed E-state index contributed by atoms with van der Waals surface area (Å²) in [4.78, 5) is 25.7. The Morgan fingerprint density at radius 1 is 1.29 bits per heavy atom. The van der Waals surface area contributed by atoms with E-state index in [1.54, 1.807) is 17.0 Å². The van der Waals surface area contributed by atoms with E-state index in [0.717, 1.165) is 24.8 Å². The number of anilines is 1. The first-order valence-electron chi connectivity index (χ1n) is 8.45. The summed E-state index contributed by atoms with van der Waals surface area (Å²) < 4.78 is 0. The minimum absolute atomic E-state index is 0.0641. The molecule has 4 nitrogen and oxygen atoms in total. The average molecular weight is 349 g/mol. The summed E-state index contributed by atoms with van der Waals surface area (Å²) in [5, 5.41) is 3.45. The zero-order chi connectivity index (χ0) is 17.5. The lowest BCUT2D eigenvalue weighted by atomic mass is 9.97. The Morgan fingerprint density at radius 3 is 2.75 bits per heavy atom. The van der Waals surface area contributed by atoms with Crippen LogP contribution in [0.1, 0.15) is 44.6 Å². The van der Waals surface area contributed by atoms with E-state index >= 15 is 0 Å². The number of nitrogens with zero attached hydrogens (tertiary/aromatic N) is 1. The van der Waals surface area contributed by atoms with Crippen molar-refractivity contribution in [3.05, 3.63) is 40.4 Å². The van der Waals surface area contributed by atoms with Gasteiger partial charge < -0.3 is 10.2 Å². The van der Waals surface area contributed by atoms with E-state index in [0.29, 0.717) is 17.3 Å². The van der Waals surface area contributed by atoms with Gasteiger partial charge in [-0.2, -0.15) is 0 Å². The van der Waals surface area contributed by atoms with Gasteiger partial charge >= 0.3 is 0 Å². The quantitative estimate of drug-likeness (QED) is 0.778. The first-order valence-corrected chi connectivity index (χ1v) is 8.83. The molecule has 0 atom stereocenters. The Labute approximate surface area is 148 Å². The molecule has 0 unspecified atom stereocenters. The maximum absolute atomic E-state index is 12.3. The number of amides is 2. The van der Waals surface area contributed by atoms with Crippen molar-refractivity contribution in [2.75, 3.05) is 18.4 Å². The molecular weight excluding hydrogens is 324 g/mol. The molecule has 1 N–H and O–H groups in total. The second kappa shape index (κ2) is 8.88. The van der Waals surface area contributed by atoms with Crippen LogP contribution in [0.15, 0.2) is 29.8 Å². The van der Waals surface area contributed by atoms with Crippen molar-refractivity contribution in [3.63, 3.8) is 0 Å². The molecule has 0 fully saturated rings. The van der Waals surface area contributed by atoms with Gasteiger partial charge in [0.25, 0.3) is 0 Å². The van der Waals surface area contributed by atoms with Gasteiger partial charge in [0.15, 0.2) is 0 Å². The third kappa shape index (κ3) is 5.38. The van der Waals surface area contributed by atoms with Crippen molar-refractivity contribution in [1.82, 2.24) is 4.90 Å². The summed E-state index contributed by atoms with van der Waals surface area (Å²) in [6, 6.07) is 5.39. The van der Waals surface area contributed by atoms with Crippen LogP contribution >= 0.6 is 11.6 Å². The lowest BCUT2D eigenvalue weighted by Gasteiger charge is -2.22. The zero-order valence-electron chi connectivity index (χ0n) is 14.4. The molecule has 0 heterocycles. The largest absolute Gasteiger partial charge is 0.333 e. The highest BCUT2D eigenvalue weighted by molar-refractivity contribution is 6.31. The van der Waals surface area contributed by atoms with Crippen LogP contribution in [0.5, 0.6) is 0 Å². The van der Waals surface area contributed by atoms with Crippen LogP contribution in [0.3, 0.4) is 0 Å². The number of halogens is 1. The molecule has 0 bridgehead atoms. The van der Waals surface area contributed by atoms with Gasteiger partial charge in [0.1, 0.15) is 0 Å². The molecule has 1 aromatic rings. The fraction of sp³-hybridized carbons (Fsp3) is 0.474. The molecule has 1 aliphatic carbocycles. The van der Waals surface area contributed by atoms with E-state index in [4.69, 9.17) is 11.6 Å². The molecule has 130 valence electrons. The van der Waals surface area contributed by atoms with Crippen molar-refractivity contribution in [3.8, 4) is 0 Å². The number of hydrogen-bond acceptors (Lipinski definition) is 2. The number of nitrogens with one attached hydrogen (secondary N) is 1. The van der Waals surface area contributed by atoms with Crippen LogP contribution in [0.4, 0.5) is 5.69 Å². The van der Waals surface area contributed by atoms with E-state index in [-0.39, 0.29) is 18.4 Å². The summed E-state index contributed by atoms with van der Waals surface area (Å²) in [6.45, 7) is 4.01. The number of carbonyl (C=O) groups is 2. The molecule has 0 radical (unpaired) electrons. The highest BCUT2D eigenvalue weighted by Crippen LogP contribution is 2.23. The first kappa shape index (κ1) is 18.5. The Bertz CT molecular complexity index is 640. The van der Waals surface area contributed by atoms with Crippen molar-refractivity contribution in [1.29, 1.82) is 0 Å². The highest BCUT2D eigenvalue weighted by Gasteiger charge is 2.15. The van der Waals surface area contributed by atoms with Crippen LogP contribution in [0.25, 0.3) is 0 Å². The molecule has 0 saturated heterocycles. The van der Waals surface area contributed by atoms with Gasteiger partial charge in [0, 0.05) is 24.2 Å². The molecule has 0 aromatic heterocycles. The number of hydrogen-bond donors (Lipinski definition) is 1. The van der Waals surface area contributed by atoms with Gasteiger partial charge in [-0.05, 0) is 56.7 Å². The van der Waals surface area contributed by atoms with Crippen LogP contribution in [0, 0.1) is 6.92 Å². The number of benzene rings is 1. The molecule has 0 spiro atoms. The maximum Gasteiger partial charge on any atom is 0.244 e. The van der Waals surface area contributed by atoms with Gasteiger partial charge in [-0.1, -0.05) is 29.3 Å². The molecule has 24 heavy (non-hydrogen) atoms. The first-order chi connectivity index (χ1) is 11.5. The third-order valence-electron chi connectivity index (χ3n) is 4.41. The van der Waals surface area contributed by atoms with E-state index in [2.05, 4.69) is 11.4 Å². The summed E-state index contributed by atoms with van der Waals surface area (Å²) in [5.41, 5.74) is 2.92. The Morgan fingerprint density at radius 2 is 2.08 bits per heavy atom. The van der Waals surface area contributed by atoms with Gasteiger partial charge in [0.2, 0.25) is 11.8 Å². The second-order valence-corrected chi connectivity index (χ2v) is 6.67. The van der Waals surface area contributed by atoms with Crippen LogP contribution in [-0.4, -0.2) is 29.8 Å². The van der Waals surface area contributed by atoms with Crippen molar-refractivity contribution in [2.45, 2.75) is 46.0 Å². The minimum Gasteiger partial charge on any atom is -0.333 e. The maximum atomic E-state index is 12.3. The second-order valence-electron chi connectivity index (χ2n) is 6.26. The fourth-order valence-electron chi connectivity index (χ4n) is 2.86. The molecule has 1 aromatic carbocycles. The van der Waals surface area contributed by atoms with Gasteiger partial charge in [0.05, 0.1) is 6.54 Å². The van der Waals surface area contributed by atoms with Crippen LogP contribution in [0.2, 0.25) is 5.02 Å². The average Bonchev–Trinajstić information content (AvgIpc) is 2.56. The van der Waals surface area contributed by atoms with Crippen molar-refractivity contribution < 1.29 is 9.59 Å². The van der Waals surface area contributed by atoms with Crippen LogP contribution < -0.4 is 5.32 Å². The molecule has 2 amide bonds. The van der Waals surface area contributed by atoms with Crippen LogP contribution in [-0.2, 0) is 9.59 Å². The smallest absolute Gasteiger partial charge is 0.244 e. The highest BCUT2D eigenvalue weighted by atomic mass is 35.5. The van der Waals surface area contributed by atoms with E-state index in [1.807, 2.05) is 13.0 Å². The summed E-state index contributed by atoms with van der Waals surface area (Å²) in [7, 11) is 0. The number of carbonyl (C=O) groups excluding carboxylic acids is 2. The predicted molar refractivity (Wildman–Crippen MR) is 98.2 cm³/mol. The standard InChI is InChI=1S/C19H25ClN2O2/c1-14-17(20)9-6-10-18(14)21-19(24)13-22(15(2)23)12-11-16-7-4-3-5-8-16/h6-7,9-10H,3-5,8,11-13H2,1-2H3,(H,21,24). The lowest BCUT2D eigenvalue weighted by molar-refractivity contribution is -0.132. The normalized spacial score (nSPS) is 14.0. The predicted octanol–water partition coefficient (Wildman–Crippen LogP) is 4.33. The minimum atomic E-state index is -0.201. The SMILES string of the molecule is CC(=O)N(CCC1=CCCCC1)CC(=O)Nc1cccc(Cl)c1C. The third-order valence-corrected chi connectivity index (χ3v) is 4.82. The van der Waals surface area contributed by atoms with Crippen molar-refractivity contribution in [2.24, 2.45) is 0 Å². The van der Waals surface area contributed by atoms with E-state index in [9.17, 15) is 9.59 Å². The molecule has 2 rings (SSSR count). The van der Waals surface area contributed by atoms with Crippen molar-refractivity contribution >= 4 is 29.1 Å². The Balaban J connectivity index is 1.91. The Kier molecular flexibility index (Phi) is 6.85. The fourth-order valence-corrected chi connectivity index (χ4v) is 3.04. The van der Waals surface area contributed by atoms with E-state index < -0.39 is 0 Å². The van der Waals surface area contributed by atoms with Gasteiger partial charge in [-0.3, -0.25) is 9.59 Å². The summed E-state index contributed by atoms with van der Waals surface area (Å²) in [6.07, 6.45) is 7.84. The monoisotopic (exact) mass is 348 g/mol. The zero-order valence-corrected chi connectivity index (χ0v) is 15.2. The molecule has 1 aliphatic rings. The number of rotatable bonds is 6. The Hall–Kier alpha value is -1.81.